The number of hydrogen-bond acceptors (Lipinski definition) is 6. The van der Waals surface area contributed by atoms with Gasteiger partial charge in [0.1, 0.15) is 6.10 Å². The summed E-state index contributed by atoms with van der Waals surface area (Å²) in [6.45, 7) is 8.13. The van der Waals surface area contributed by atoms with Crippen LogP contribution < -0.4 is 9.47 Å². The van der Waals surface area contributed by atoms with Crippen molar-refractivity contribution in [1.29, 1.82) is 0 Å². The summed E-state index contributed by atoms with van der Waals surface area (Å²) >= 11 is 0. The number of carbonyl (C=O) groups excluding carboxylic acids is 2. The SMILES string of the molecule is CCN(CC)C(=O)C1CN2CCc3cc(OC)c(OC)cc3C2C[C@H]1OC(C)=O. The second-order valence-corrected chi connectivity index (χ2v) is 7.67. The number of hydrogen-bond donors (Lipinski definition) is 0. The number of rotatable bonds is 6. The maximum Gasteiger partial charge on any atom is 0.302 e. The van der Waals surface area contributed by atoms with Crippen LogP contribution in [0.1, 0.15) is 44.4 Å². The average molecular weight is 405 g/mol. The standard InChI is InChI=1S/C22H32N2O5/c1-6-23(7-2)22(26)17-13-24-9-8-15-10-20(27-4)21(28-5)11-16(15)18(24)12-19(17)29-14(3)25/h10-11,17-19H,6-9,12-13H2,1-5H3/t17?,18?,19-/m1/s1. The van der Waals surface area contributed by atoms with E-state index < -0.39 is 6.10 Å². The Labute approximate surface area is 172 Å². The van der Waals surface area contributed by atoms with Crippen LogP contribution in [-0.2, 0) is 20.7 Å². The van der Waals surface area contributed by atoms with Gasteiger partial charge in [-0.2, -0.15) is 0 Å². The zero-order valence-electron chi connectivity index (χ0n) is 18.1. The van der Waals surface area contributed by atoms with Crippen LogP contribution in [0.5, 0.6) is 11.5 Å². The molecule has 0 saturated carbocycles. The number of esters is 1. The summed E-state index contributed by atoms with van der Waals surface area (Å²) in [6.07, 6.45) is 1.05. The Balaban J connectivity index is 1.93. The van der Waals surface area contributed by atoms with Gasteiger partial charge < -0.3 is 19.1 Å². The molecule has 0 N–H and O–H groups in total. The van der Waals surface area contributed by atoms with E-state index in [2.05, 4.69) is 4.90 Å². The van der Waals surface area contributed by atoms with Crippen molar-refractivity contribution in [2.24, 2.45) is 5.92 Å². The molecule has 0 aromatic heterocycles. The lowest BCUT2D eigenvalue weighted by molar-refractivity contribution is -0.161. The number of benzene rings is 1. The third kappa shape index (κ3) is 4.20. The molecule has 2 aliphatic rings. The molecule has 0 bridgehead atoms. The lowest BCUT2D eigenvalue weighted by Crippen LogP contribution is -2.54. The van der Waals surface area contributed by atoms with Crippen molar-refractivity contribution in [3.63, 3.8) is 0 Å². The average Bonchev–Trinajstić information content (AvgIpc) is 2.72. The summed E-state index contributed by atoms with van der Waals surface area (Å²) in [4.78, 5) is 29.1. The van der Waals surface area contributed by atoms with Gasteiger partial charge in [0.15, 0.2) is 11.5 Å². The van der Waals surface area contributed by atoms with E-state index in [4.69, 9.17) is 14.2 Å². The van der Waals surface area contributed by atoms with Gasteiger partial charge in [0.05, 0.1) is 20.1 Å². The van der Waals surface area contributed by atoms with Gasteiger partial charge in [-0.15, -0.1) is 0 Å². The molecule has 1 fully saturated rings. The van der Waals surface area contributed by atoms with Crippen molar-refractivity contribution in [3.05, 3.63) is 23.3 Å². The van der Waals surface area contributed by atoms with Crippen LogP contribution in [0.4, 0.5) is 0 Å². The van der Waals surface area contributed by atoms with E-state index >= 15 is 0 Å². The van der Waals surface area contributed by atoms with Crippen LogP contribution in [0, 0.1) is 5.92 Å². The monoisotopic (exact) mass is 404 g/mol. The quantitative estimate of drug-likeness (QED) is 0.679. The van der Waals surface area contributed by atoms with Gasteiger partial charge in [-0.1, -0.05) is 0 Å². The predicted molar refractivity (Wildman–Crippen MR) is 109 cm³/mol. The van der Waals surface area contributed by atoms with Gasteiger partial charge in [-0.05, 0) is 43.5 Å². The molecule has 1 aromatic rings. The Morgan fingerprint density at radius 3 is 2.38 bits per heavy atom. The first-order chi connectivity index (χ1) is 13.9. The molecular formula is C22H32N2O5. The molecule has 2 unspecified atom stereocenters. The minimum absolute atomic E-state index is 0.0674. The molecule has 1 aromatic carbocycles. The van der Waals surface area contributed by atoms with Crippen LogP contribution in [0.2, 0.25) is 0 Å². The minimum Gasteiger partial charge on any atom is -0.493 e. The maximum atomic E-state index is 13.1. The van der Waals surface area contributed by atoms with Crippen LogP contribution in [0.15, 0.2) is 12.1 Å². The summed E-state index contributed by atoms with van der Waals surface area (Å²) in [5, 5.41) is 0. The highest BCUT2D eigenvalue weighted by molar-refractivity contribution is 5.80. The molecule has 1 saturated heterocycles. The molecule has 2 heterocycles. The van der Waals surface area contributed by atoms with Gasteiger partial charge >= 0.3 is 5.97 Å². The number of piperidine rings is 1. The van der Waals surface area contributed by atoms with Crippen molar-refractivity contribution in [3.8, 4) is 11.5 Å². The molecule has 7 heteroatoms. The lowest BCUT2D eigenvalue weighted by Gasteiger charge is -2.46. The molecule has 3 atom stereocenters. The molecule has 0 spiro atoms. The summed E-state index contributed by atoms with van der Waals surface area (Å²) < 4.78 is 16.6. The van der Waals surface area contributed by atoms with E-state index in [0.717, 1.165) is 18.7 Å². The van der Waals surface area contributed by atoms with Gasteiger partial charge in [-0.25, -0.2) is 0 Å². The third-order valence-corrected chi connectivity index (χ3v) is 6.16. The molecular weight excluding hydrogens is 372 g/mol. The fraction of sp³-hybridized carbons (Fsp3) is 0.636. The van der Waals surface area contributed by atoms with Crippen molar-refractivity contribution in [2.75, 3.05) is 40.4 Å². The molecule has 7 nitrogen and oxygen atoms in total. The number of fused-ring (bicyclic) bond motifs is 3. The van der Waals surface area contributed by atoms with Gasteiger partial charge in [0.2, 0.25) is 5.91 Å². The van der Waals surface area contributed by atoms with Crippen molar-refractivity contribution in [1.82, 2.24) is 9.80 Å². The topological polar surface area (TPSA) is 68.3 Å². The van der Waals surface area contributed by atoms with Crippen molar-refractivity contribution in [2.45, 2.75) is 45.8 Å². The second kappa shape index (κ2) is 9.03. The van der Waals surface area contributed by atoms with Crippen molar-refractivity contribution < 1.29 is 23.8 Å². The first kappa shape index (κ1) is 21.4. The maximum absolute atomic E-state index is 13.1. The van der Waals surface area contributed by atoms with E-state index in [1.165, 1.54) is 18.1 Å². The smallest absolute Gasteiger partial charge is 0.302 e. The van der Waals surface area contributed by atoms with Gasteiger partial charge in [0.25, 0.3) is 0 Å². The van der Waals surface area contributed by atoms with Gasteiger partial charge in [0, 0.05) is 45.6 Å². The van der Waals surface area contributed by atoms with Gasteiger partial charge in [-0.3, -0.25) is 14.5 Å². The normalized spacial score (nSPS) is 23.6. The lowest BCUT2D eigenvalue weighted by atomic mass is 9.81. The van der Waals surface area contributed by atoms with E-state index in [1.807, 2.05) is 30.9 Å². The van der Waals surface area contributed by atoms with Crippen LogP contribution in [0.3, 0.4) is 0 Å². The van der Waals surface area contributed by atoms with Crippen molar-refractivity contribution >= 4 is 11.9 Å². The fourth-order valence-electron chi connectivity index (χ4n) is 4.68. The number of amides is 1. The van der Waals surface area contributed by atoms with E-state index in [-0.39, 0.29) is 23.8 Å². The summed E-state index contributed by atoms with van der Waals surface area (Å²) in [6, 6.07) is 4.16. The van der Waals surface area contributed by atoms with Crippen LogP contribution >= 0.6 is 0 Å². The zero-order chi connectivity index (χ0) is 21.1. The molecule has 160 valence electrons. The van der Waals surface area contributed by atoms with E-state index in [1.54, 1.807) is 14.2 Å². The Kier molecular flexibility index (Phi) is 6.67. The highest BCUT2D eigenvalue weighted by Crippen LogP contribution is 2.43. The first-order valence-corrected chi connectivity index (χ1v) is 10.4. The summed E-state index contributed by atoms with van der Waals surface area (Å²) in [5.41, 5.74) is 2.39. The number of nitrogens with zero attached hydrogens (tertiary/aromatic N) is 2. The first-order valence-electron chi connectivity index (χ1n) is 10.4. The predicted octanol–water partition coefficient (Wildman–Crippen LogP) is 2.42. The Bertz CT molecular complexity index is 762. The molecule has 0 radical (unpaired) electrons. The van der Waals surface area contributed by atoms with E-state index in [9.17, 15) is 9.59 Å². The molecule has 2 aliphatic heterocycles. The zero-order valence-corrected chi connectivity index (χ0v) is 18.1. The number of ether oxygens (including phenoxy) is 3. The second-order valence-electron chi connectivity index (χ2n) is 7.67. The Morgan fingerprint density at radius 2 is 1.79 bits per heavy atom. The molecule has 29 heavy (non-hydrogen) atoms. The fourth-order valence-corrected chi connectivity index (χ4v) is 4.68. The van der Waals surface area contributed by atoms with Crippen LogP contribution in [0.25, 0.3) is 0 Å². The number of carbonyl (C=O) groups is 2. The van der Waals surface area contributed by atoms with E-state index in [0.29, 0.717) is 31.8 Å². The highest BCUT2D eigenvalue weighted by Gasteiger charge is 2.44. The number of methoxy groups -OCH3 is 2. The molecule has 3 rings (SSSR count). The molecule has 1 amide bonds. The largest absolute Gasteiger partial charge is 0.493 e. The summed E-state index contributed by atoms with van der Waals surface area (Å²) in [5.74, 6) is 0.804. The summed E-state index contributed by atoms with van der Waals surface area (Å²) in [7, 11) is 3.27. The minimum atomic E-state index is -0.430. The Hall–Kier alpha value is -2.28. The highest BCUT2D eigenvalue weighted by atomic mass is 16.5. The Morgan fingerprint density at radius 1 is 1.14 bits per heavy atom. The van der Waals surface area contributed by atoms with Crippen LogP contribution in [-0.4, -0.2) is 68.2 Å². The molecule has 0 aliphatic carbocycles. The third-order valence-electron chi connectivity index (χ3n) is 6.16.